The first kappa shape index (κ1) is 10.6. The molecule has 0 saturated carbocycles. The fraction of sp³-hybridized carbons (Fsp3) is 0.333. The zero-order valence-electron chi connectivity index (χ0n) is 23.8. The third-order valence-corrected chi connectivity index (χ3v) is 4.73. The van der Waals surface area contributed by atoms with Gasteiger partial charge in [-0.3, -0.25) is 4.98 Å². The van der Waals surface area contributed by atoms with Gasteiger partial charge < -0.3 is 4.42 Å². The molecule has 0 amide bonds. The minimum atomic E-state index is -2.56. The van der Waals surface area contributed by atoms with Crippen LogP contribution in [0.2, 0.25) is 0 Å². The molecule has 0 aliphatic carbocycles. The van der Waals surface area contributed by atoms with Crippen LogP contribution in [0.5, 0.6) is 0 Å². The van der Waals surface area contributed by atoms with Crippen molar-refractivity contribution >= 4 is 22.1 Å². The third-order valence-electron chi connectivity index (χ3n) is 4.73. The SMILES string of the molecule is [2H]C([2H])([2H])c1cc(C)nc2oc3c(-c4cc(C([2H])(C)C([2H])([2H])[2H])ccn4)ccc(C([2H])(C)C)c3c12. The number of benzene rings is 1. The summed E-state index contributed by atoms with van der Waals surface area (Å²) in [5, 5.41) is 0.791. The van der Waals surface area contributed by atoms with Crippen LogP contribution >= 0.6 is 0 Å². The van der Waals surface area contributed by atoms with Crippen LogP contribution in [-0.4, -0.2) is 9.97 Å². The number of pyridine rings is 2. The second-order valence-corrected chi connectivity index (χ2v) is 7.01. The highest BCUT2D eigenvalue weighted by Gasteiger charge is 2.20. The smallest absolute Gasteiger partial charge is 0.227 e. The molecule has 4 rings (SSSR count). The maximum Gasteiger partial charge on any atom is 0.227 e. The second kappa shape index (κ2) is 6.49. The summed E-state index contributed by atoms with van der Waals surface area (Å²) in [4.78, 5) is 8.83. The maximum atomic E-state index is 8.69. The van der Waals surface area contributed by atoms with Crippen LogP contribution in [0.25, 0.3) is 33.3 Å². The van der Waals surface area contributed by atoms with Gasteiger partial charge in [0.1, 0.15) is 5.58 Å². The standard InChI is InChI=1S/C24H26N2O/c1-13(2)17-9-10-25-20(12-17)19-8-7-18(14(3)4)22-21-15(5)11-16(6)26-24(21)27-23(19)22/h7-14H,1-6H3/i1D3,5D3,13D,14D. The van der Waals surface area contributed by atoms with Gasteiger partial charge in [-0.05, 0) is 66.5 Å². The Kier molecular flexibility index (Phi) is 2.55. The van der Waals surface area contributed by atoms with Crippen LogP contribution in [-0.2, 0) is 0 Å². The topological polar surface area (TPSA) is 38.9 Å². The van der Waals surface area contributed by atoms with E-state index >= 15 is 0 Å². The molecule has 3 heteroatoms. The molecule has 4 aromatic rings. The number of rotatable bonds is 3. The maximum absolute atomic E-state index is 8.69. The van der Waals surface area contributed by atoms with Gasteiger partial charge in [0, 0.05) is 33.8 Å². The summed E-state index contributed by atoms with van der Waals surface area (Å²) in [6.45, 7) is 1.43. The quantitative estimate of drug-likeness (QED) is 0.395. The highest BCUT2D eigenvalue weighted by atomic mass is 16.3. The van der Waals surface area contributed by atoms with E-state index in [2.05, 4.69) is 9.97 Å². The molecule has 0 fully saturated rings. The number of hydrogen-bond acceptors (Lipinski definition) is 3. The van der Waals surface area contributed by atoms with Gasteiger partial charge in [0.05, 0.1) is 11.1 Å². The number of hydrogen-bond donors (Lipinski definition) is 0. The van der Waals surface area contributed by atoms with E-state index in [-0.39, 0.29) is 16.8 Å². The fourth-order valence-corrected chi connectivity index (χ4v) is 3.42. The van der Waals surface area contributed by atoms with Gasteiger partial charge in [-0.25, -0.2) is 4.98 Å². The van der Waals surface area contributed by atoms with E-state index in [0.717, 1.165) is 0 Å². The number of furan rings is 1. The van der Waals surface area contributed by atoms with E-state index in [1.54, 1.807) is 32.9 Å². The summed E-state index contributed by atoms with van der Waals surface area (Å²) < 4.78 is 70.9. The van der Waals surface area contributed by atoms with Crippen LogP contribution in [0.1, 0.15) is 72.8 Å². The van der Waals surface area contributed by atoms with Gasteiger partial charge in [0.25, 0.3) is 0 Å². The van der Waals surface area contributed by atoms with Crippen molar-refractivity contribution in [2.75, 3.05) is 0 Å². The molecule has 0 bridgehead atoms. The van der Waals surface area contributed by atoms with Crippen molar-refractivity contribution < 1.29 is 15.4 Å². The van der Waals surface area contributed by atoms with Gasteiger partial charge in [-0.1, -0.05) is 33.7 Å². The molecule has 1 atom stereocenters. The predicted octanol–water partition coefficient (Wildman–Crippen LogP) is 6.91. The summed E-state index contributed by atoms with van der Waals surface area (Å²) in [6.07, 6.45) is 1.44. The van der Waals surface area contributed by atoms with Gasteiger partial charge in [-0.2, -0.15) is 0 Å². The van der Waals surface area contributed by atoms with Crippen molar-refractivity contribution in [1.82, 2.24) is 9.97 Å². The Hall–Kier alpha value is -2.68. The van der Waals surface area contributed by atoms with Crippen LogP contribution in [0, 0.1) is 13.8 Å². The molecule has 138 valence electrons. The van der Waals surface area contributed by atoms with Gasteiger partial charge >= 0.3 is 0 Å². The van der Waals surface area contributed by atoms with Crippen LogP contribution in [0.3, 0.4) is 0 Å². The summed E-state index contributed by atoms with van der Waals surface area (Å²) in [5.41, 5.74) is 2.71. The second-order valence-electron chi connectivity index (χ2n) is 7.01. The van der Waals surface area contributed by atoms with E-state index in [1.807, 2.05) is 0 Å². The Labute approximate surface area is 171 Å². The number of aromatic nitrogens is 2. The molecule has 0 spiro atoms. The molecular weight excluding hydrogens is 332 g/mol. The lowest BCUT2D eigenvalue weighted by molar-refractivity contribution is 0.652. The van der Waals surface area contributed by atoms with Crippen molar-refractivity contribution in [3.05, 3.63) is 58.9 Å². The van der Waals surface area contributed by atoms with E-state index < -0.39 is 25.5 Å². The Morgan fingerprint density at radius 3 is 2.67 bits per heavy atom. The summed E-state index contributed by atoms with van der Waals surface area (Å²) in [5.74, 6) is -2.95. The first-order chi connectivity index (χ1) is 15.9. The third kappa shape index (κ3) is 2.91. The highest BCUT2D eigenvalue weighted by Crippen LogP contribution is 2.40. The molecule has 1 aromatic carbocycles. The molecule has 27 heavy (non-hydrogen) atoms. The molecule has 0 aliphatic heterocycles. The minimum absolute atomic E-state index is 0.0873. The lowest BCUT2D eigenvalue weighted by Gasteiger charge is -2.12. The number of nitrogens with zero attached hydrogens (tertiary/aromatic N) is 2. The number of fused-ring (bicyclic) bond motifs is 3. The van der Waals surface area contributed by atoms with Gasteiger partial charge in [0.2, 0.25) is 5.71 Å². The molecule has 1 unspecified atom stereocenters. The molecule has 3 aromatic heterocycles. The fourth-order valence-electron chi connectivity index (χ4n) is 3.42. The van der Waals surface area contributed by atoms with Gasteiger partial charge in [0.15, 0.2) is 0 Å². The Balaban J connectivity index is 2.12. The zero-order valence-corrected chi connectivity index (χ0v) is 15.8. The monoisotopic (exact) mass is 366 g/mol. The van der Waals surface area contributed by atoms with Crippen LogP contribution in [0.4, 0.5) is 0 Å². The lowest BCUT2D eigenvalue weighted by atomic mass is 9.93. The van der Waals surface area contributed by atoms with Crippen molar-refractivity contribution in [2.45, 2.75) is 53.2 Å². The van der Waals surface area contributed by atoms with Crippen molar-refractivity contribution in [3.63, 3.8) is 0 Å². The Morgan fingerprint density at radius 1 is 1.07 bits per heavy atom. The molecule has 0 radical (unpaired) electrons. The van der Waals surface area contributed by atoms with Crippen molar-refractivity contribution in [2.24, 2.45) is 0 Å². The van der Waals surface area contributed by atoms with E-state index in [0.29, 0.717) is 38.9 Å². The largest absolute Gasteiger partial charge is 0.437 e. The predicted molar refractivity (Wildman–Crippen MR) is 112 cm³/mol. The first-order valence-electron chi connectivity index (χ1n) is 12.8. The molecule has 3 heterocycles. The summed E-state index contributed by atoms with van der Waals surface area (Å²) in [7, 11) is 0. The van der Waals surface area contributed by atoms with Gasteiger partial charge in [-0.15, -0.1) is 0 Å². The zero-order chi connectivity index (χ0) is 26.1. The van der Waals surface area contributed by atoms with E-state index in [4.69, 9.17) is 15.4 Å². The van der Waals surface area contributed by atoms with Crippen LogP contribution in [0.15, 0.2) is 40.9 Å². The highest BCUT2D eigenvalue weighted by molar-refractivity contribution is 6.11. The summed E-state index contributed by atoms with van der Waals surface area (Å²) >= 11 is 0. The summed E-state index contributed by atoms with van der Waals surface area (Å²) in [6, 6.07) is 8.01. The Morgan fingerprint density at radius 2 is 1.93 bits per heavy atom. The molecule has 0 N–H and O–H groups in total. The van der Waals surface area contributed by atoms with E-state index in [1.165, 1.54) is 31.3 Å². The average Bonchev–Trinajstić information content (AvgIpc) is 3.09. The average molecular weight is 367 g/mol. The van der Waals surface area contributed by atoms with Crippen LogP contribution < -0.4 is 0 Å². The lowest BCUT2D eigenvalue weighted by Crippen LogP contribution is -1.94. The van der Waals surface area contributed by atoms with E-state index in [9.17, 15) is 0 Å². The van der Waals surface area contributed by atoms with Crippen molar-refractivity contribution in [1.29, 1.82) is 0 Å². The Bertz CT molecular complexity index is 1440. The molecular formula is C24H26N2O. The molecule has 0 aliphatic rings. The molecule has 0 saturated heterocycles. The molecule has 3 nitrogen and oxygen atoms in total. The first-order valence-corrected chi connectivity index (χ1v) is 8.77. The number of aryl methyl sites for hydroxylation is 2. The minimum Gasteiger partial charge on any atom is -0.437 e. The normalized spacial score (nSPS) is 19.9. The van der Waals surface area contributed by atoms with Crippen molar-refractivity contribution in [3.8, 4) is 11.3 Å².